The molecule has 3 aromatic carbocycles. The van der Waals surface area contributed by atoms with Gasteiger partial charge in [0.2, 0.25) is 17.5 Å². The van der Waals surface area contributed by atoms with Crippen LogP contribution in [0.2, 0.25) is 5.02 Å². The topological polar surface area (TPSA) is 118 Å². The smallest absolute Gasteiger partial charge is 0.262 e. The van der Waals surface area contributed by atoms with Gasteiger partial charge >= 0.3 is 0 Å². The van der Waals surface area contributed by atoms with Crippen molar-refractivity contribution in [2.45, 2.75) is 64.1 Å². The van der Waals surface area contributed by atoms with Gasteiger partial charge in [0, 0.05) is 81.6 Å². The third-order valence-electron chi connectivity index (χ3n) is 13.2. The first-order valence-electron chi connectivity index (χ1n) is 19.8. The summed E-state index contributed by atoms with van der Waals surface area (Å²) in [4.78, 5) is 77.2. The largest absolute Gasteiger partial charge is 0.371 e. The van der Waals surface area contributed by atoms with Gasteiger partial charge in [-0.15, -0.1) is 0 Å². The molecule has 1 N–H and O–H groups in total. The number of halogens is 2. The Bertz CT molecular complexity index is 2210. The lowest BCUT2D eigenvalue weighted by Gasteiger charge is -2.40. The van der Waals surface area contributed by atoms with E-state index in [1.54, 1.807) is 30.3 Å². The Labute approximate surface area is 335 Å². The molecule has 5 amide bonds. The van der Waals surface area contributed by atoms with Gasteiger partial charge in [0.25, 0.3) is 17.7 Å². The van der Waals surface area contributed by atoms with E-state index in [2.05, 4.69) is 24.9 Å². The van der Waals surface area contributed by atoms with E-state index in [-0.39, 0.29) is 30.0 Å². The van der Waals surface area contributed by atoms with Crippen molar-refractivity contribution in [2.75, 3.05) is 55.6 Å². The zero-order chi connectivity index (χ0) is 39.6. The minimum atomic E-state index is -0.986. The fourth-order valence-electron chi connectivity index (χ4n) is 9.90. The first kappa shape index (κ1) is 37.3. The molecule has 0 saturated carbocycles. The predicted octanol–water partition coefficient (Wildman–Crippen LogP) is 5.80. The first-order valence-corrected chi connectivity index (χ1v) is 20.2. The molecule has 1 spiro atoms. The normalized spacial score (nSPS) is 22.3. The van der Waals surface area contributed by atoms with E-state index >= 15 is 4.39 Å². The number of rotatable bonds is 6. The van der Waals surface area contributed by atoms with Crippen LogP contribution in [0.5, 0.6) is 0 Å². The molecule has 14 heteroatoms. The fourth-order valence-corrected chi connectivity index (χ4v) is 10.1. The van der Waals surface area contributed by atoms with E-state index in [0.717, 1.165) is 86.5 Å². The van der Waals surface area contributed by atoms with Gasteiger partial charge in [-0.1, -0.05) is 17.7 Å². The highest BCUT2D eigenvalue weighted by Crippen LogP contribution is 2.44. The van der Waals surface area contributed by atoms with Crippen molar-refractivity contribution in [1.82, 2.24) is 20.0 Å². The number of carbonyl (C=O) groups excluding carboxylic acids is 5. The Hall–Kier alpha value is -5.32. The minimum Gasteiger partial charge on any atom is -0.371 e. The summed E-state index contributed by atoms with van der Waals surface area (Å²) in [6.45, 7) is 13.8. The molecule has 1 atom stereocenters. The summed E-state index contributed by atoms with van der Waals surface area (Å²) in [5.41, 5.74) is 5.12. The van der Waals surface area contributed by atoms with Gasteiger partial charge in [0.15, 0.2) is 0 Å². The van der Waals surface area contributed by atoms with Gasteiger partial charge in [-0.3, -0.25) is 39.1 Å². The molecule has 6 heterocycles. The van der Waals surface area contributed by atoms with E-state index in [1.807, 2.05) is 17.0 Å². The number of hydrogen-bond acceptors (Lipinski definition) is 8. The van der Waals surface area contributed by atoms with E-state index in [9.17, 15) is 24.0 Å². The lowest BCUT2D eigenvalue weighted by molar-refractivity contribution is -0.136. The van der Waals surface area contributed by atoms with Crippen molar-refractivity contribution in [3.05, 3.63) is 98.6 Å². The third-order valence-corrected chi connectivity index (χ3v) is 13.5. The highest BCUT2D eigenvalue weighted by atomic mass is 35.5. The number of fused-ring (bicyclic) bond motifs is 2. The summed E-state index contributed by atoms with van der Waals surface area (Å²) in [7, 11) is 0. The van der Waals surface area contributed by atoms with Gasteiger partial charge < -0.3 is 14.7 Å². The number of piperidine rings is 3. The van der Waals surface area contributed by atoms with Gasteiger partial charge in [-0.2, -0.15) is 0 Å². The molecule has 0 aromatic heterocycles. The van der Waals surface area contributed by atoms with Crippen LogP contribution in [0.15, 0.2) is 48.5 Å². The number of carbonyl (C=O) groups is 5. The second kappa shape index (κ2) is 14.6. The summed E-state index contributed by atoms with van der Waals surface area (Å²) in [5, 5.41) is 2.71. The summed E-state index contributed by atoms with van der Waals surface area (Å²) in [5.74, 6) is -2.19. The summed E-state index contributed by atoms with van der Waals surface area (Å²) in [6, 6.07) is 13.1. The van der Waals surface area contributed by atoms with E-state index < -0.39 is 29.7 Å². The van der Waals surface area contributed by atoms with Crippen molar-refractivity contribution in [1.29, 1.82) is 0 Å². The van der Waals surface area contributed by atoms with Crippen LogP contribution in [0.3, 0.4) is 0 Å². The van der Waals surface area contributed by atoms with Crippen molar-refractivity contribution in [3.8, 4) is 0 Å². The molecule has 1 unspecified atom stereocenters. The van der Waals surface area contributed by atoms with Crippen LogP contribution in [-0.4, -0.2) is 96.1 Å². The van der Waals surface area contributed by atoms with Crippen LogP contribution in [0.1, 0.15) is 87.1 Å². The molecule has 0 aliphatic carbocycles. The molecule has 6 aliphatic rings. The third kappa shape index (κ3) is 6.82. The Morgan fingerprint density at radius 2 is 1.53 bits per heavy atom. The Balaban J connectivity index is 0.754. The summed E-state index contributed by atoms with van der Waals surface area (Å²) >= 11 is 6.32. The number of likely N-dealkylation sites (tertiary alicyclic amines) is 1. The molecule has 3 aromatic rings. The van der Waals surface area contributed by atoms with Gasteiger partial charge in [-0.25, -0.2) is 9.24 Å². The average Bonchev–Trinajstić information content (AvgIpc) is 3.87. The van der Waals surface area contributed by atoms with Crippen LogP contribution in [0.4, 0.5) is 21.5 Å². The first-order chi connectivity index (χ1) is 27.5. The number of anilines is 2. The molecule has 9 rings (SSSR count). The van der Waals surface area contributed by atoms with E-state index in [1.165, 1.54) is 6.07 Å². The second-order valence-electron chi connectivity index (χ2n) is 16.6. The number of nitrogens with one attached hydrogen (secondary N) is 1. The molecule has 6 aliphatic heterocycles. The number of nitrogens with zero attached hydrogens (tertiary/aromatic N) is 6. The summed E-state index contributed by atoms with van der Waals surface area (Å²) < 4.78 is 15.6. The lowest BCUT2D eigenvalue weighted by Crippen LogP contribution is -2.54. The minimum absolute atomic E-state index is 0.0795. The predicted molar refractivity (Wildman–Crippen MR) is 211 cm³/mol. The highest BCUT2D eigenvalue weighted by molar-refractivity contribution is 6.33. The standard InChI is InChI=1S/C43H43ClFN7O5/c1-46-35-4-3-30(21-33(35)44)51-17-12-43(25-51)10-15-49(16-11-43)36-5-2-27(20-34(36)45)40(55)50-13-8-26(9-14-50)22-48-23-28-18-31-32(19-29(28)24-48)42(57)52(41(31)56)37-6-7-38(53)47-39(37)54/h2-5,18-21,26,37H,6-17,22-25H2,(H,47,53,54). The van der Waals surface area contributed by atoms with Crippen LogP contribution >= 0.6 is 11.6 Å². The number of hydrogen-bond donors (Lipinski definition) is 1. The SMILES string of the molecule is [C-]#[N+]c1ccc(N2CCC3(CCN(c4ccc(C(=O)N5CCC(CN6Cc7cc8c(cc7C6)C(=O)N(C6CCC(=O)NC6=O)C8=O)CC5)cc4F)CC3)C2)cc1Cl. The Morgan fingerprint density at radius 3 is 2.14 bits per heavy atom. The molecule has 12 nitrogen and oxygen atoms in total. The maximum atomic E-state index is 15.6. The van der Waals surface area contributed by atoms with Crippen molar-refractivity contribution < 1.29 is 28.4 Å². The summed E-state index contributed by atoms with van der Waals surface area (Å²) in [6.07, 6.45) is 4.79. The molecule has 0 radical (unpaired) electrons. The zero-order valence-electron chi connectivity index (χ0n) is 31.6. The van der Waals surface area contributed by atoms with Crippen LogP contribution in [-0.2, 0) is 22.7 Å². The van der Waals surface area contributed by atoms with Crippen molar-refractivity contribution >= 4 is 58.2 Å². The molecule has 4 saturated heterocycles. The molecule has 57 heavy (non-hydrogen) atoms. The van der Waals surface area contributed by atoms with Crippen molar-refractivity contribution in [2.24, 2.45) is 11.3 Å². The zero-order valence-corrected chi connectivity index (χ0v) is 32.3. The maximum Gasteiger partial charge on any atom is 0.262 e. The fraction of sp³-hybridized carbons (Fsp3) is 0.442. The molecular formula is C43H43ClFN7O5. The second-order valence-corrected chi connectivity index (χ2v) is 17.0. The Kier molecular flexibility index (Phi) is 9.52. The maximum absolute atomic E-state index is 15.6. The van der Waals surface area contributed by atoms with E-state index in [4.69, 9.17) is 18.2 Å². The monoisotopic (exact) mass is 791 g/mol. The molecule has 4 fully saturated rings. The van der Waals surface area contributed by atoms with Gasteiger partial charge in [-0.05, 0) is 103 Å². The van der Waals surface area contributed by atoms with Crippen LogP contribution < -0.4 is 15.1 Å². The van der Waals surface area contributed by atoms with E-state index in [0.29, 0.717) is 65.2 Å². The van der Waals surface area contributed by atoms with Crippen LogP contribution in [0.25, 0.3) is 4.85 Å². The van der Waals surface area contributed by atoms with Gasteiger partial charge in [0.05, 0.1) is 23.4 Å². The lowest BCUT2D eigenvalue weighted by atomic mass is 9.77. The number of amides is 5. The highest BCUT2D eigenvalue weighted by Gasteiger charge is 2.46. The van der Waals surface area contributed by atoms with Crippen molar-refractivity contribution in [3.63, 3.8) is 0 Å². The van der Waals surface area contributed by atoms with Crippen LogP contribution in [0, 0.1) is 23.7 Å². The average molecular weight is 792 g/mol. The molecule has 294 valence electrons. The van der Waals surface area contributed by atoms with Gasteiger partial charge in [0.1, 0.15) is 11.9 Å². The number of benzene rings is 3. The number of imide groups is 2. The molecular weight excluding hydrogens is 749 g/mol. The quantitative estimate of drug-likeness (QED) is 0.246. The molecule has 0 bridgehead atoms. The Morgan fingerprint density at radius 1 is 0.860 bits per heavy atom.